The molecule has 0 atom stereocenters. The highest BCUT2D eigenvalue weighted by Crippen LogP contribution is 2.27. The van der Waals surface area contributed by atoms with Gasteiger partial charge in [0.15, 0.2) is 11.5 Å². The minimum Gasteiger partial charge on any atom is -0.479 e. The zero-order valence-electron chi connectivity index (χ0n) is 8.52. The number of carbonyl (C=O) groups is 1. The van der Waals surface area contributed by atoms with Gasteiger partial charge in [-0.3, -0.25) is 14.9 Å². The molecule has 0 aliphatic carbocycles. The van der Waals surface area contributed by atoms with Crippen LogP contribution in [0.5, 0.6) is 5.75 Å². The van der Waals surface area contributed by atoms with E-state index in [1.165, 1.54) is 19.1 Å². The normalized spacial score (nSPS) is 9.73. The summed E-state index contributed by atoms with van der Waals surface area (Å²) >= 11 is 0. The quantitative estimate of drug-likeness (QED) is 0.560. The van der Waals surface area contributed by atoms with E-state index in [2.05, 4.69) is 0 Å². The van der Waals surface area contributed by atoms with Crippen LogP contribution in [-0.2, 0) is 4.79 Å². The molecule has 80 valence electrons. The van der Waals surface area contributed by atoms with E-state index in [0.29, 0.717) is 0 Å². The van der Waals surface area contributed by atoms with Crippen molar-refractivity contribution < 1.29 is 14.5 Å². The molecular weight excluding hydrogens is 198 g/mol. The van der Waals surface area contributed by atoms with E-state index in [1.54, 1.807) is 13.0 Å². The molecule has 0 aliphatic rings. The predicted molar refractivity (Wildman–Crippen MR) is 54.0 cm³/mol. The maximum atomic E-state index is 10.7. The first kappa shape index (κ1) is 11.2. The van der Waals surface area contributed by atoms with Gasteiger partial charge in [0.2, 0.25) is 0 Å². The number of nitrogens with zero attached hydrogens (tertiary/aromatic N) is 1. The Morgan fingerprint density at radius 1 is 1.53 bits per heavy atom. The first-order chi connectivity index (χ1) is 7.00. The van der Waals surface area contributed by atoms with Crippen LogP contribution in [-0.4, -0.2) is 17.3 Å². The van der Waals surface area contributed by atoms with Crippen molar-refractivity contribution in [3.05, 3.63) is 33.9 Å². The van der Waals surface area contributed by atoms with Crippen molar-refractivity contribution in [2.24, 2.45) is 0 Å². The third-order valence-corrected chi connectivity index (χ3v) is 1.74. The highest BCUT2D eigenvalue weighted by atomic mass is 16.6. The number of rotatable bonds is 4. The fourth-order valence-electron chi connectivity index (χ4n) is 1.07. The largest absolute Gasteiger partial charge is 0.479 e. The summed E-state index contributed by atoms with van der Waals surface area (Å²) < 4.78 is 5.02. The summed E-state index contributed by atoms with van der Waals surface area (Å²) in [5, 5.41) is 10.7. The Morgan fingerprint density at radius 2 is 2.20 bits per heavy atom. The lowest BCUT2D eigenvalue weighted by Crippen LogP contribution is -2.07. The zero-order chi connectivity index (χ0) is 11.4. The molecule has 0 saturated heterocycles. The number of benzene rings is 1. The molecule has 0 bridgehead atoms. The number of Topliss-reactive ketones (excluding diaryl/α,β-unsaturated/α-hetero) is 1. The second kappa shape index (κ2) is 4.54. The molecule has 0 aromatic heterocycles. The van der Waals surface area contributed by atoms with Crippen LogP contribution in [0.25, 0.3) is 0 Å². The molecule has 5 heteroatoms. The van der Waals surface area contributed by atoms with E-state index in [-0.39, 0.29) is 23.8 Å². The van der Waals surface area contributed by atoms with Gasteiger partial charge < -0.3 is 4.74 Å². The van der Waals surface area contributed by atoms with Gasteiger partial charge in [-0.2, -0.15) is 0 Å². The highest BCUT2D eigenvalue weighted by Gasteiger charge is 2.15. The van der Waals surface area contributed by atoms with Crippen molar-refractivity contribution in [3.8, 4) is 5.75 Å². The van der Waals surface area contributed by atoms with Crippen LogP contribution < -0.4 is 4.74 Å². The molecule has 15 heavy (non-hydrogen) atoms. The average Bonchev–Trinajstić information content (AvgIpc) is 2.15. The maximum Gasteiger partial charge on any atom is 0.311 e. The molecule has 0 unspecified atom stereocenters. The fraction of sp³-hybridized carbons (Fsp3) is 0.300. The van der Waals surface area contributed by atoms with Crippen molar-refractivity contribution >= 4 is 11.5 Å². The van der Waals surface area contributed by atoms with Gasteiger partial charge in [-0.05, 0) is 25.5 Å². The molecule has 0 N–H and O–H groups in total. The lowest BCUT2D eigenvalue weighted by Gasteiger charge is -2.04. The van der Waals surface area contributed by atoms with E-state index in [4.69, 9.17) is 4.74 Å². The smallest absolute Gasteiger partial charge is 0.311 e. The molecule has 1 aromatic carbocycles. The third-order valence-electron chi connectivity index (χ3n) is 1.74. The van der Waals surface area contributed by atoms with Gasteiger partial charge in [-0.25, -0.2) is 0 Å². The number of nitro groups is 1. The summed E-state index contributed by atoms with van der Waals surface area (Å²) in [6.07, 6.45) is 0. The summed E-state index contributed by atoms with van der Waals surface area (Å²) in [7, 11) is 0. The highest BCUT2D eigenvalue weighted by molar-refractivity contribution is 5.77. The van der Waals surface area contributed by atoms with E-state index >= 15 is 0 Å². The van der Waals surface area contributed by atoms with Crippen LogP contribution in [0, 0.1) is 17.0 Å². The van der Waals surface area contributed by atoms with Crippen LogP contribution in [0.4, 0.5) is 5.69 Å². The Balaban J connectivity index is 2.95. The molecule has 1 aromatic rings. The Hall–Kier alpha value is -1.91. The van der Waals surface area contributed by atoms with Crippen molar-refractivity contribution in [2.45, 2.75) is 13.8 Å². The zero-order valence-corrected chi connectivity index (χ0v) is 8.52. The van der Waals surface area contributed by atoms with Gasteiger partial charge in [0.05, 0.1) is 4.92 Å². The molecule has 0 radical (unpaired) electrons. The van der Waals surface area contributed by atoms with E-state index < -0.39 is 4.92 Å². The minimum absolute atomic E-state index is 0.115. The molecule has 1 rings (SSSR count). The van der Waals surface area contributed by atoms with Gasteiger partial charge in [-0.15, -0.1) is 0 Å². The van der Waals surface area contributed by atoms with Crippen molar-refractivity contribution in [1.82, 2.24) is 0 Å². The number of aryl methyl sites for hydroxylation is 1. The van der Waals surface area contributed by atoms with Crippen molar-refractivity contribution in [1.29, 1.82) is 0 Å². The van der Waals surface area contributed by atoms with Crippen LogP contribution in [0.1, 0.15) is 12.5 Å². The monoisotopic (exact) mass is 209 g/mol. The third kappa shape index (κ3) is 3.05. The summed E-state index contributed by atoms with van der Waals surface area (Å²) in [6.45, 7) is 2.96. The first-order valence-corrected chi connectivity index (χ1v) is 4.38. The van der Waals surface area contributed by atoms with Crippen LogP contribution >= 0.6 is 0 Å². The summed E-state index contributed by atoms with van der Waals surface area (Å²) in [4.78, 5) is 20.8. The molecule has 0 amide bonds. The van der Waals surface area contributed by atoms with E-state index in [1.807, 2.05) is 0 Å². The summed E-state index contributed by atoms with van der Waals surface area (Å²) in [5.41, 5.74) is 0.660. The Labute approximate surface area is 86.8 Å². The van der Waals surface area contributed by atoms with Crippen LogP contribution in [0.2, 0.25) is 0 Å². The average molecular weight is 209 g/mol. The van der Waals surface area contributed by atoms with Gasteiger partial charge in [0.25, 0.3) is 0 Å². The Morgan fingerprint density at radius 3 is 2.73 bits per heavy atom. The van der Waals surface area contributed by atoms with Gasteiger partial charge in [-0.1, -0.05) is 6.07 Å². The molecule has 0 saturated carbocycles. The number of hydrogen-bond donors (Lipinski definition) is 0. The summed E-state index contributed by atoms with van der Waals surface area (Å²) in [5.74, 6) is -0.0503. The number of ketones is 1. The Kier molecular flexibility index (Phi) is 3.38. The van der Waals surface area contributed by atoms with Gasteiger partial charge >= 0.3 is 5.69 Å². The predicted octanol–water partition coefficient (Wildman–Crippen LogP) is 1.87. The lowest BCUT2D eigenvalue weighted by atomic mass is 10.2. The van der Waals surface area contributed by atoms with Crippen molar-refractivity contribution in [2.75, 3.05) is 6.61 Å². The molecule has 5 nitrogen and oxygen atoms in total. The maximum absolute atomic E-state index is 10.7. The first-order valence-electron chi connectivity index (χ1n) is 4.38. The molecule has 0 fully saturated rings. The van der Waals surface area contributed by atoms with Gasteiger partial charge in [0.1, 0.15) is 6.61 Å². The molecule has 0 aliphatic heterocycles. The number of hydrogen-bond acceptors (Lipinski definition) is 4. The Bertz CT molecular complexity index is 400. The number of nitro benzene ring substituents is 1. The lowest BCUT2D eigenvalue weighted by molar-refractivity contribution is -0.385. The second-order valence-electron chi connectivity index (χ2n) is 3.22. The minimum atomic E-state index is -0.525. The van der Waals surface area contributed by atoms with Crippen LogP contribution in [0.15, 0.2) is 18.2 Å². The van der Waals surface area contributed by atoms with Crippen molar-refractivity contribution in [3.63, 3.8) is 0 Å². The van der Waals surface area contributed by atoms with Gasteiger partial charge in [0, 0.05) is 6.07 Å². The summed E-state index contributed by atoms with van der Waals surface area (Å²) in [6, 6.07) is 4.61. The number of ether oxygens (including phenoxy) is 1. The second-order valence-corrected chi connectivity index (χ2v) is 3.22. The topological polar surface area (TPSA) is 69.4 Å². The molecular formula is C10H11NO4. The number of carbonyl (C=O) groups excluding carboxylic acids is 1. The molecule has 0 heterocycles. The standard InChI is InChI=1S/C10H11NO4/c1-7-3-4-10(15-6-8(2)12)9(5-7)11(13)14/h3-5H,6H2,1-2H3. The van der Waals surface area contributed by atoms with E-state index in [9.17, 15) is 14.9 Å². The fourth-order valence-corrected chi connectivity index (χ4v) is 1.07. The van der Waals surface area contributed by atoms with E-state index in [0.717, 1.165) is 5.56 Å². The SMILES string of the molecule is CC(=O)COc1ccc(C)cc1[N+](=O)[O-]. The molecule has 0 spiro atoms. The van der Waals surface area contributed by atoms with Crippen LogP contribution in [0.3, 0.4) is 0 Å².